The Labute approximate surface area is 107 Å². The van der Waals surface area contributed by atoms with E-state index in [2.05, 4.69) is 0 Å². The Hall–Kier alpha value is -1.52. The standard InChI is InChI=1S/C13H9ClF3N/c14-10-3-1-2-9(12(10)17)13(18)8-5-4-7(15)6-11(8)16/h1-6,13H,18H2. The molecule has 0 aromatic heterocycles. The molecule has 0 aliphatic heterocycles. The largest absolute Gasteiger partial charge is 0.320 e. The zero-order chi connectivity index (χ0) is 13.3. The highest BCUT2D eigenvalue weighted by Gasteiger charge is 2.18. The maximum absolute atomic E-state index is 13.7. The van der Waals surface area contributed by atoms with Gasteiger partial charge in [-0.1, -0.05) is 29.8 Å². The maximum Gasteiger partial charge on any atom is 0.146 e. The maximum atomic E-state index is 13.7. The summed E-state index contributed by atoms with van der Waals surface area (Å²) >= 11 is 5.63. The fourth-order valence-electron chi connectivity index (χ4n) is 1.68. The third kappa shape index (κ3) is 2.35. The fourth-order valence-corrected chi connectivity index (χ4v) is 1.86. The predicted molar refractivity (Wildman–Crippen MR) is 63.8 cm³/mol. The number of hydrogen-bond donors (Lipinski definition) is 1. The summed E-state index contributed by atoms with van der Waals surface area (Å²) in [6, 6.07) is 6.23. The molecular formula is C13H9ClF3N. The van der Waals surface area contributed by atoms with Gasteiger partial charge in [0, 0.05) is 17.2 Å². The number of rotatable bonds is 2. The average Bonchev–Trinajstić information content (AvgIpc) is 2.32. The molecule has 0 aliphatic carbocycles. The molecule has 1 unspecified atom stereocenters. The monoisotopic (exact) mass is 271 g/mol. The molecule has 18 heavy (non-hydrogen) atoms. The Kier molecular flexibility index (Phi) is 3.59. The van der Waals surface area contributed by atoms with E-state index in [4.69, 9.17) is 17.3 Å². The molecular weight excluding hydrogens is 263 g/mol. The van der Waals surface area contributed by atoms with Crippen molar-refractivity contribution in [3.63, 3.8) is 0 Å². The Morgan fingerprint density at radius 1 is 1.00 bits per heavy atom. The van der Waals surface area contributed by atoms with Crippen molar-refractivity contribution >= 4 is 11.6 Å². The topological polar surface area (TPSA) is 26.0 Å². The van der Waals surface area contributed by atoms with Crippen molar-refractivity contribution in [1.29, 1.82) is 0 Å². The summed E-state index contributed by atoms with van der Waals surface area (Å²) in [4.78, 5) is 0. The van der Waals surface area contributed by atoms with Crippen molar-refractivity contribution in [2.24, 2.45) is 5.73 Å². The number of nitrogens with two attached hydrogens (primary N) is 1. The molecule has 0 bridgehead atoms. The molecule has 1 atom stereocenters. The van der Waals surface area contributed by atoms with Gasteiger partial charge in [0.15, 0.2) is 0 Å². The van der Waals surface area contributed by atoms with Crippen LogP contribution in [0, 0.1) is 17.5 Å². The van der Waals surface area contributed by atoms with Gasteiger partial charge in [0.05, 0.1) is 11.1 Å². The molecule has 5 heteroatoms. The predicted octanol–water partition coefficient (Wildman–Crippen LogP) is 3.81. The van der Waals surface area contributed by atoms with E-state index in [0.29, 0.717) is 6.07 Å². The number of halogens is 4. The van der Waals surface area contributed by atoms with Crippen molar-refractivity contribution < 1.29 is 13.2 Å². The Bertz CT molecular complexity index is 586. The van der Waals surface area contributed by atoms with Crippen molar-refractivity contribution in [2.75, 3.05) is 0 Å². The summed E-state index contributed by atoms with van der Waals surface area (Å²) in [6.45, 7) is 0. The summed E-state index contributed by atoms with van der Waals surface area (Å²) in [5.41, 5.74) is 5.85. The van der Waals surface area contributed by atoms with Crippen molar-refractivity contribution in [3.05, 3.63) is 70.0 Å². The van der Waals surface area contributed by atoms with Gasteiger partial charge in [0.1, 0.15) is 17.5 Å². The van der Waals surface area contributed by atoms with Gasteiger partial charge >= 0.3 is 0 Å². The van der Waals surface area contributed by atoms with Gasteiger partial charge in [-0.15, -0.1) is 0 Å². The molecule has 2 aromatic carbocycles. The zero-order valence-corrected chi connectivity index (χ0v) is 9.89. The second-order valence-electron chi connectivity index (χ2n) is 3.79. The molecule has 0 aliphatic rings. The van der Waals surface area contributed by atoms with Crippen LogP contribution < -0.4 is 5.73 Å². The molecule has 1 nitrogen and oxygen atoms in total. The Morgan fingerprint density at radius 2 is 1.72 bits per heavy atom. The molecule has 94 valence electrons. The SMILES string of the molecule is NC(c1ccc(F)cc1F)c1cccc(Cl)c1F. The van der Waals surface area contributed by atoms with Crippen LogP contribution in [0.4, 0.5) is 13.2 Å². The third-order valence-electron chi connectivity index (χ3n) is 2.61. The van der Waals surface area contributed by atoms with E-state index in [0.717, 1.165) is 6.07 Å². The zero-order valence-electron chi connectivity index (χ0n) is 9.13. The number of hydrogen-bond acceptors (Lipinski definition) is 1. The molecule has 0 saturated heterocycles. The summed E-state index contributed by atoms with van der Waals surface area (Å²) < 4.78 is 40.1. The quantitative estimate of drug-likeness (QED) is 0.883. The van der Waals surface area contributed by atoms with E-state index >= 15 is 0 Å². The fraction of sp³-hybridized carbons (Fsp3) is 0.0769. The second-order valence-corrected chi connectivity index (χ2v) is 4.19. The van der Waals surface area contributed by atoms with Crippen LogP contribution in [0.1, 0.15) is 17.2 Å². The first kappa shape index (κ1) is 12.9. The highest BCUT2D eigenvalue weighted by molar-refractivity contribution is 6.30. The normalized spacial score (nSPS) is 12.5. The summed E-state index contributed by atoms with van der Waals surface area (Å²) in [5.74, 6) is -2.23. The molecule has 0 spiro atoms. The summed E-state index contributed by atoms with van der Waals surface area (Å²) in [6.07, 6.45) is 0. The van der Waals surface area contributed by atoms with Crippen molar-refractivity contribution in [3.8, 4) is 0 Å². The summed E-state index contributed by atoms with van der Waals surface area (Å²) in [7, 11) is 0. The van der Waals surface area contributed by atoms with Gasteiger partial charge in [-0.25, -0.2) is 13.2 Å². The lowest BCUT2D eigenvalue weighted by Crippen LogP contribution is -2.15. The van der Waals surface area contributed by atoms with Gasteiger partial charge in [0.25, 0.3) is 0 Å². The lowest BCUT2D eigenvalue weighted by atomic mass is 9.98. The van der Waals surface area contributed by atoms with E-state index in [1.165, 1.54) is 24.3 Å². The van der Waals surface area contributed by atoms with Gasteiger partial charge in [-0.2, -0.15) is 0 Å². The Balaban J connectivity index is 2.48. The minimum absolute atomic E-state index is 0.0116. The smallest absolute Gasteiger partial charge is 0.146 e. The van der Waals surface area contributed by atoms with Crippen LogP contribution in [0.3, 0.4) is 0 Å². The lowest BCUT2D eigenvalue weighted by Gasteiger charge is -2.14. The van der Waals surface area contributed by atoms with Crippen LogP contribution >= 0.6 is 11.6 Å². The highest BCUT2D eigenvalue weighted by Crippen LogP contribution is 2.28. The van der Waals surface area contributed by atoms with Gasteiger partial charge in [-0.05, 0) is 12.1 Å². The van der Waals surface area contributed by atoms with Crippen LogP contribution in [-0.4, -0.2) is 0 Å². The molecule has 0 heterocycles. The molecule has 2 aromatic rings. The van der Waals surface area contributed by atoms with Crippen molar-refractivity contribution in [2.45, 2.75) is 6.04 Å². The van der Waals surface area contributed by atoms with Crippen LogP contribution in [0.2, 0.25) is 5.02 Å². The summed E-state index contributed by atoms with van der Waals surface area (Å²) in [5, 5.41) is -0.0922. The molecule has 0 fully saturated rings. The van der Waals surface area contributed by atoms with E-state index in [1.807, 2.05) is 0 Å². The number of benzene rings is 2. The highest BCUT2D eigenvalue weighted by atomic mass is 35.5. The second kappa shape index (κ2) is 5.00. The molecule has 2 rings (SSSR count). The van der Waals surface area contributed by atoms with Crippen LogP contribution in [0.15, 0.2) is 36.4 Å². The molecule has 2 N–H and O–H groups in total. The first-order valence-corrected chi connectivity index (χ1v) is 5.53. The van der Waals surface area contributed by atoms with Gasteiger partial charge in [0.2, 0.25) is 0 Å². The molecule has 0 radical (unpaired) electrons. The minimum atomic E-state index is -1.04. The lowest BCUT2D eigenvalue weighted by molar-refractivity contribution is 0.557. The molecule has 0 saturated carbocycles. The van der Waals surface area contributed by atoms with Crippen LogP contribution in [0.5, 0.6) is 0 Å². The molecule has 0 amide bonds. The van der Waals surface area contributed by atoms with E-state index in [9.17, 15) is 13.2 Å². The average molecular weight is 272 g/mol. The third-order valence-corrected chi connectivity index (χ3v) is 2.91. The first-order valence-electron chi connectivity index (χ1n) is 5.15. The van der Waals surface area contributed by atoms with E-state index in [-0.39, 0.29) is 16.1 Å². The minimum Gasteiger partial charge on any atom is -0.320 e. The van der Waals surface area contributed by atoms with E-state index < -0.39 is 23.5 Å². The Morgan fingerprint density at radius 3 is 2.39 bits per heavy atom. The first-order chi connectivity index (χ1) is 8.50. The van der Waals surface area contributed by atoms with E-state index in [1.54, 1.807) is 0 Å². The van der Waals surface area contributed by atoms with Gasteiger partial charge < -0.3 is 5.73 Å². The van der Waals surface area contributed by atoms with Crippen LogP contribution in [-0.2, 0) is 0 Å². The van der Waals surface area contributed by atoms with Gasteiger partial charge in [-0.3, -0.25) is 0 Å². The van der Waals surface area contributed by atoms with Crippen molar-refractivity contribution in [1.82, 2.24) is 0 Å². The van der Waals surface area contributed by atoms with Crippen LogP contribution in [0.25, 0.3) is 0 Å².